The molecule has 1 unspecified atom stereocenters. The number of esters is 1. The Labute approximate surface area is 142 Å². The minimum absolute atomic E-state index is 0.194. The first-order valence-electron chi connectivity index (χ1n) is 7.73. The summed E-state index contributed by atoms with van der Waals surface area (Å²) in [5.74, 6) is -0.561. The molecule has 0 aliphatic rings. The predicted octanol–water partition coefficient (Wildman–Crippen LogP) is 0.365. The predicted molar refractivity (Wildman–Crippen MR) is 89.8 cm³/mol. The number of hydrogen-bond donors (Lipinski definition) is 3. The standard InChI is InChI=1S/C16H24BNO6/c1-5-23-14(19)13(18-15(20)24-16(2,3)4)10-11-6-8-12(9-7-11)17(21)22/h6-9,13,21-22H,5,10H2,1-4H3,(H,18,20). The van der Waals surface area contributed by atoms with E-state index in [1.165, 1.54) is 12.1 Å². The number of carbonyl (C=O) groups excluding carboxylic acids is 2. The second-order valence-corrected chi connectivity index (χ2v) is 6.27. The molecule has 0 heterocycles. The van der Waals surface area contributed by atoms with E-state index < -0.39 is 30.8 Å². The number of hydrogen-bond acceptors (Lipinski definition) is 6. The lowest BCUT2D eigenvalue weighted by atomic mass is 9.80. The van der Waals surface area contributed by atoms with Crippen LogP contribution >= 0.6 is 0 Å². The van der Waals surface area contributed by atoms with Crippen LogP contribution in [0.15, 0.2) is 24.3 Å². The van der Waals surface area contributed by atoms with Gasteiger partial charge >= 0.3 is 19.2 Å². The third-order valence-corrected chi connectivity index (χ3v) is 2.98. The zero-order chi connectivity index (χ0) is 18.3. The van der Waals surface area contributed by atoms with Crippen molar-refractivity contribution in [3.8, 4) is 0 Å². The van der Waals surface area contributed by atoms with Crippen LogP contribution in [-0.4, -0.2) is 47.5 Å². The average Bonchev–Trinajstić information content (AvgIpc) is 2.45. The molecule has 0 saturated carbocycles. The lowest BCUT2D eigenvalue weighted by Gasteiger charge is -2.23. The monoisotopic (exact) mass is 337 g/mol. The van der Waals surface area contributed by atoms with E-state index in [0.29, 0.717) is 5.46 Å². The number of amides is 1. The number of rotatable bonds is 6. The van der Waals surface area contributed by atoms with Crippen LogP contribution in [0, 0.1) is 0 Å². The van der Waals surface area contributed by atoms with Crippen LogP contribution in [0.2, 0.25) is 0 Å². The number of nitrogens with one attached hydrogen (secondary N) is 1. The largest absolute Gasteiger partial charge is 0.488 e. The van der Waals surface area contributed by atoms with Gasteiger partial charge in [-0.25, -0.2) is 9.59 Å². The first kappa shape index (κ1) is 20.0. The van der Waals surface area contributed by atoms with Gasteiger partial charge in [-0.3, -0.25) is 0 Å². The molecular formula is C16H24BNO6. The van der Waals surface area contributed by atoms with E-state index in [1.54, 1.807) is 39.8 Å². The SMILES string of the molecule is CCOC(=O)C(Cc1ccc(B(O)O)cc1)NC(=O)OC(C)(C)C. The fraction of sp³-hybridized carbons (Fsp3) is 0.500. The van der Waals surface area contributed by atoms with Crippen LogP contribution in [-0.2, 0) is 20.7 Å². The van der Waals surface area contributed by atoms with Gasteiger partial charge in [0.2, 0.25) is 0 Å². The van der Waals surface area contributed by atoms with Crippen molar-refractivity contribution in [3.63, 3.8) is 0 Å². The van der Waals surface area contributed by atoms with Crippen molar-refractivity contribution in [1.82, 2.24) is 5.32 Å². The summed E-state index contributed by atoms with van der Waals surface area (Å²) in [6.07, 6.45) is -0.511. The van der Waals surface area contributed by atoms with Crippen LogP contribution in [0.4, 0.5) is 4.79 Å². The molecule has 1 amide bonds. The zero-order valence-electron chi connectivity index (χ0n) is 14.4. The van der Waals surface area contributed by atoms with Crippen LogP contribution in [0.3, 0.4) is 0 Å². The maximum absolute atomic E-state index is 12.1. The van der Waals surface area contributed by atoms with Crippen molar-refractivity contribution in [3.05, 3.63) is 29.8 Å². The van der Waals surface area contributed by atoms with Crippen molar-refractivity contribution in [2.24, 2.45) is 0 Å². The molecule has 1 aromatic rings. The van der Waals surface area contributed by atoms with E-state index in [4.69, 9.17) is 19.5 Å². The molecule has 0 radical (unpaired) electrons. The van der Waals surface area contributed by atoms with Gasteiger partial charge in [0, 0.05) is 6.42 Å². The van der Waals surface area contributed by atoms with Crippen molar-refractivity contribution in [2.75, 3.05) is 6.61 Å². The molecule has 1 rings (SSSR count). The summed E-state index contributed by atoms with van der Waals surface area (Å²) in [4.78, 5) is 24.0. The van der Waals surface area contributed by atoms with Gasteiger partial charge in [0.1, 0.15) is 11.6 Å². The van der Waals surface area contributed by atoms with Gasteiger partial charge in [-0.05, 0) is 38.7 Å². The van der Waals surface area contributed by atoms with Crippen molar-refractivity contribution in [1.29, 1.82) is 0 Å². The molecule has 0 bridgehead atoms. The quantitative estimate of drug-likeness (QED) is 0.512. The number of carbonyl (C=O) groups is 2. The van der Waals surface area contributed by atoms with Crippen LogP contribution < -0.4 is 10.8 Å². The second kappa shape index (κ2) is 8.70. The number of benzene rings is 1. The normalized spacial score (nSPS) is 12.2. The summed E-state index contributed by atoms with van der Waals surface area (Å²) in [6, 6.07) is 5.48. The Balaban J connectivity index is 2.82. The van der Waals surface area contributed by atoms with Crippen molar-refractivity contribution < 1.29 is 29.1 Å². The van der Waals surface area contributed by atoms with Gasteiger partial charge in [-0.1, -0.05) is 24.3 Å². The minimum atomic E-state index is -1.56. The fourth-order valence-corrected chi connectivity index (χ4v) is 1.95. The molecule has 1 aromatic carbocycles. The smallest absolute Gasteiger partial charge is 0.464 e. The highest BCUT2D eigenvalue weighted by molar-refractivity contribution is 6.58. The topological polar surface area (TPSA) is 105 Å². The Morgan fingerprint density at radius 1 is 1.21 bits per heavy atom. The molecule has 24 heavy (non-hydrogen) atoms. The molecule has 0 aliphatic carbocycles. The second-order valence-electron chi connectivity index (χ2n) is 6.27. The zero-order valence-corrected chi connectivity index (χ0v) is 14.4. The van der Waals surface area contributed by atoms with E-state index >= 15 is 0 Å². The molecule has 0 aromatic heterocycles. The fourth-order valence-electron chi connectivity index (χ4n) is 1.95. The highest BCUT2D eigenvalue weighted by atomic mass is 16.6. The average molecular weight is 337 g/mol. The third kappa shape index (κ3) is 7.01. The van der Waals surface area contributed by atoms with Gasteiger partial charge < -0.3 is 24.8 Å². The summed E-state index contributed by atoms with van der Waals surface area (Å²) in [5.41, 5.74) is 0.391. The van der Waals surface area contributed by atoms with Gasteiger partial charge in [0.05, 0.1) is 6.61 Å². The Kier molecular flexibility index (Phi) is 7.25. The molecule has 0 saturated heterocycles. The maximum atomic E-state index is 12.1. The summed E-state index contributed by atoms with van der Waals surface area (Å²) in [5, 5.41) is 20.7. The molecule has 0 aliphatic heterocycles. The highest BCUT2D eigenvalue weighted by Gasteiger charge is 2.25. The first-order valence-corrected chi connectivity index (χ1v) is 7.73. The Morgan fingerprint density at radius 2 is 1.79 bits per heavy atom. The molecule has 7 nitrogen and oxygen atoms in total. The summed E-state index contributed by atoms with van der Waals surface area (Å²) in [7, 11) is -1.56. The van der Waals surface area contributed by atoms with Crippen LogP contribution in [0.25, 0.3) is 0 Å². The van der Waals surface area contributed by atoms with Gasteiger partial charge in [0.15, 0.2) is 0 Å². The Bertz CT molecular complexity index is 553. The number of ether oxygens (including phenoxy) is 2. The van der Waals surface area contributed by atoms with Gasteiger partial charge in [-0.2, -0.15) is 0 Å². The van der Waals surface area contributed by atoms with Crippen molar-refractivity contribution in [2.45, 2.75) is 45.8 Å². The molecular weight excluding hydrogens is 313 g/mol. The molecule has 0 fully saturated rings. The Morgan fingerprint density at radius 3 is 2.25 bits per heavy atom. The van der Waals surface area contributed by atoms with E-state index in [9.17, 15) is 9.59 Å². The van der Waals surface area contributed by atoms with Crippen molar-refractivity contribution >= 4 is 24.6 Å². The van der Waals surface area contributed by atoms with Crippen LogP contribution in [0.5, 0.6) is 0 Å². The maximum Gasteiger partial charge on any atom is 0.488 e. The van der Waals surface area contributed by atoms with Crippen LogP contribution in [0.1, 0.15) is 33.3 Å². The molecule has 132 valence electrons. The summed E-state index contributed by atoms with van der Waals surface area (Å²) >= 11 is 0. The lowest BCUT2D eigenvalue weighted by Crippen LogP contribution is -2.45. The number of alkyl carbamates (subject to hydrolysis) is 1. The molecule has 1 atom stereocenters. The Hall–Kier alpha value is -2.06. The highest BCUT2D eigenvalue weighted by Crippen LogP contribution is 2.09. The first-order chi connectivity index (χ1) is 11.1. The summed E-state index contributed by atoms with van der Waals surface area (Å²) in [6.45, 7) is 7.06. The third-order valence-electron chi connectivity index (χ3n) is 2.98. The van der Waals surface area contributed by atoms with E-state index in [-0.39, 0.29) is 13.0 Å². The van der Waals surface area contributed by atoms with E-state index in [1.807, 2.05) is 0 Å². The lowest BCUT2D eigenvalue weighted by molar-refractivity contribution is -0.145. The van der Waals surface area contributed by atoms with Gasteiger partial charge in [-0.15, -0.1) is 0 Å². The molecule has 8 heteroatoms. The van der Waals surface area contributed by atoms with Gasteiger partial charge in [0.25, 0.3) is 0 Å². The van der Waals surface area contributed by atoms with E-state index in [0.717, 1.165) is 5.56 Å². The molecule has 3 N–H and O–H groups in total. The minimum Gasteiger partial charge on any atom is -0.464 e. The summed E-state index contributed by atoms with van der Waals surface area (Å²) < 4.78 is 10.1. The molecule has 0 spiro atoms. The van der Waals surface area contributed by atoms with E-state index in [2.05, 4.69) is 5.32 Å².